The monoisotopic (exact) mass is 261 g/mol. The van der Waals surface area contributed by atoms with Crippen molar-refractivity contribution in [1.82, 2.24) is 10.2 Å². The summed E-state index contributed by atoms with van der Waals surface area (Å²) in [4.78, 5) is 13.8. The van der Waals surface area contributed by atoms with Crippen LogP contribution in [-0.4, -0.2) is 51.2 Å². The van der Waals surface area contributed by atoms with Crippen molar-refractivity contribution in [3.8, 4) is 6.07 Å². The van der Waals surface area contributed by atoms with Crippen LogP contribution < -0.4 is 5.32 Å². The molecule has 19 heavy (non-hydrogen) atoms. The van der Waals surface area contributed by atoms with Gasteiger partial charge in [-0.3, -0.25) is 4.79 Å². The van der Waals surface area contributed by atoms with Gasteiger partial charge in [-0.1, -0.05) is 0 Å². The zero-order chi connectivity index (χ0) is 14.1. The summed E-state index contributed by atoms with van der Waals surface area (Å²) in [6.45, 7) is 2.49. The molecule has 0 heterocycles. The molecule has 0 saturated heterocycles. The number of nitrogens with one attached hydrogen (secondary N) is 1. The molecule has 0 fully saturated rings. The van der Waals surface area contributed by atoms with Gasteiger partial charge in [-0.15, -0.1) is 0 Å². The van der Waals surface area contributed by atoms with Crippen LogP contribution >= 0.6 is 0 Å². The molecular formula is C14H19N3O2. The second kappa shape index (κ2) is 8.25. The third-order valence-electron chi connectivity index (χ3n) is 2.49. The van der Waals surface area contributed by atoms with Crippen molar-refractivity contribution in [2.45, 2.75) is 0 Å². The summed E-state index contributed by atoms with van der Waals surface area (Å²) in [6, 6.07) is 8.55. The zero-order valence-electron chi connectivity index (χ0n) is 11.3. The number of rotatable bonds is 7. The van der Waals surface area contributed by atoms with Crippen LogP contribution in [0.4, 0.5) is 0 Å². The molecule has 1 amide bonds. The Kier molecular flexibility index (Phi) is 6.58. The molecule has 1 aromatic rings. The van der Waals surface area contributed by atoms with Crippen molar-refractivity contribution in [3.05, 3.63) is 35.4 Å². The van der Waals surface area contributed by atoms with Crippen LogP contribution in [0, 0.1) is 11.3 Å². The van der Waals surface area contributed by atoms with Gasteiger partial charge in [0.05, 0.1) is 24.8 Å². The van der Waals surface area contributed by atoms with Crippen molar-refractivity contribution in [3.63, 3.8) is 0 Å². The van der Waals surface area contributed by atoms with Gasteiger partial charge in [0.25, 0.3) is 5.91 Å². The molecule has 0 aliphatic carbocycles. The van der Waals surface area contributed by atoms with Gasteiger partial charge in [-0.2, -0.15) is 5.26 Å². The smallest absolute Gasteiger partial charge is 0.251 e. The fourth-order valence-electron chi connectivity index (χ4n) is 1.38. The van der Waals surface area contributed by atoms with Crippen molar-refractivity contribution in [1.29, 1.82) is 5.26 Å². The summed E-state index contributed by atoms with van der Waals surface area (Å²) in [5.74, 6) is -0.152. The van der Waals surface area contributed by atoms with E-state index in [-0.39, 0.29) is 5.91 Å². The Labute approximate surface area is 113 Å². The molecule has 0 spiro atoms. The Hall–Kier alpha value is -1.90. The summed E-state index contributed by atoms with van der Waals surface area (Å²) in [6.07, 6.45) is 0. The molecular weight excluding hydrogens is 242 g/mol. The quantitative estimate of drug-likeness (QED) is 0.740. The standard InChI is InChI=1S/C14H19N3O2/c1-17(2)8-10-19-9-7-16-14(18)13-5-3-12(11-15)4-6-13/h3-6H,7-10H2,1-2H3,(H,16,18). The summed E-state index contributed by atoms with van der Waals surface area (Å²) in [7, 11) is 3.96. The van der Waals surface area contributed by atoms with E-state index in [1.54, 1.807) is 24.3 Å². The van der Waals surface area contributed by atoms with Gasteiger partial charge in [0.1, 0.15) is 0 Å². The summed E-state index contributed by atoms with van der Waals surface area (Å²) in [5, 5.41) is 11.4. The van der Waals surface area contributed by atoms with E-state index in [0.29, 0.717) is 30.9 Å². The van der Waals surface area contributed by atoms with E-state index in [0.717, 1.165) is 6.54 Å². The maximum absolute atomic E-state index is 11.7. The van der Waals surface area contributed by atoms with Crippen molar-refractivity contribution in [2.24, 2.45) is 0 Å². The van der Waals surface area contributed by atoms with Crippen LogP contribution in [0.2, 0.25) is 0 Å². The van der Waals surface area contributed by atoms with Gasteiger partial charge in [-0.25, -0.2) is 0 Å². The molecule has 102 valence electrons. The van der Waals surface area contributed by atoms with Crippen LogP contribution in [0.3, 0.4) is 0 Å². The number of amides is 1. The van der Waals surface area contributed by atoms with E-state index < -0.39 is 0 Å². The van der Waals surface area contributed by atoms with Gasteiger partial charge >= 0.3 is 0 Å². The number of hydrogen-bond donors (Lipinski definition) is 1. The summed E-state index contributed by atoms with van der Waals surface area (Å²) >= 11 is 0. The lowest BCUT2D eigenvalue weighted by atomic mass is 10.1. The molecule has 1 aromatic carbocycles. The maximum Gasteiger partial charge on any atom is 0.251 e. The second-order valence-electron chi connectivity index (χ2n) is 4.36. The van der Waals surface area contributed by atoms with E-state index in [1.807, 2.05) is 25.1 Å². The highest BCUT2D eigenvalue weighted by Crippen LogP contribution is 2.02. The SMILES string of the molecule is CN(C)CCOCCNC(=O)c1ccc(C#N)cc1. The molecule has 0 saturated carbocycles. The highest BCUT2D eigenvalue weighted by molar-refractivity contribution is 5.94. The van der Waals surface area contributed by atoms with E-state index in [1.165, 1.54) is 0 Å². The Balaban J connectivity index is 2.22. The Morgan fingerprint density at radius 1 is 1.32 bits per heavy atom. The lowest BCUT2D eigenvalue weighted by molar-refractivity contribution is 0.0900. The average Bonchev–Trinajstić information content (AvgIpc) is 2.42. The molecule has 0 atom stereocenters. The second-order valence-corrected chi connectivity index (χ2v) is 4.36. The number of carbonyl (C=O) groups is 1. The first-order valence-corrected chi connectivity index (χ1v) is 6.14. The topological polar surface area (TPSA) is 65.4 Å². The highest BCUT2D eigenvalue weighted by atomic mass is 16.5. The largest absolute Gasteiger partial charge is 0.378 e. The normalized spacial score (nSPS) is 10.2. The van der Waals surface area contributed by atoms with Crippen LogP contribution in [-0.2, 0) is 4.74 Å². The summed E-state index contributed by atoms with van der Waals surface area (Å²) in [5.41, 5.74) is 1.09. The zero-order valence-corrected chi connectivity index (χ0v) is 11.3. The number of hydrogen-bond acceptors (Lipinski definition) is 4. The van der Waals surface area contributed by atoms with Gasteiger partial charge in [0, 0.05) is 18.7 Å². The molecule has 5 heteroatoms. The number of nitriles is 1. The minimum atomic E-state index is -0.152. The Morgan fingerprint density at radius 2 is 2.00 bits per heavy atom. The molecule has 1 rings (SSSR count). The fourth-order valence-corrected chi connectivity index (χ4v) is 1.38. The predicted molar refractivity (Wildman–Crippen MR) is 72.9 cm³/mol. The lowest BCUT2D eigenvalue weighted by Crippen LogP contribution is -2.28. The van der Waals surface area contributed by atoms with Gasteiger partial charge < -0.3 is 15.0 Å². The first-order chi connectivity index (χ1) is 9.13. The number of likely N-dealkylation sites (N-methyl/N-ethyl adjacent to an activating group) is 1. The lowest BCUT2D eigenvalue weighted by Gasteiger charge is -2.10. The minimum Gasteiger partial charge on any atom is -0.378 e. The van der Waals surface area contributed by atoms with E-state index in [2.05, 4.69) is 5.32 Å². The van der Waals surface area contributed by atoms with Crippen LogP contribution in [0.1, 0.15) is 15.9 Å². The van der Waals surface area contributed by atoms with E-state index >= 15 is 0 Å². The number of nitrogens with zero attached hydrogens (tertiary/aromatic N) is 2. The summed E-state index contributed by atoms with van der Waals surface area (Å²) < 4.78 is 5.37. The first-order valence-electron chi connectivity index (χ1n) is 6.14. The third kappa shape index (κ3) is 6.00. The maximum atomic E-state index is 11.7. The van der Waals surface area contributed by atoms with Gasteiger partial charge in [0.2, 0.25) is 0 Å². The number of ether oxygens (including phenoxy) is 1. The highest BCUT2D eigenvalue weighted by Gasteiger charge is 2.04. The third-order valence-corrected chi connectivity index (χ3v) is 2.49. The van der Waals surface area contributed by atoms with E-state index in [9.17, 15) is 4.79 Å². The van der Waals surface area contributed by atoms with Crippen molar-refractivity contribution >= 4 is 5.91 Å². The molecule has 0 aliphatic heterocycles. The number of carbonyl (C=O) groups excluding carboxylic acids is 1. The Morgan fingerprint density at radius 3 is 2.58 bits per heavy atom. The molecule has 0 aliphatic rings. The molecule has 1 N–H and O–H groups in total. The molecule has 0 bridgehead atoms. The average molecular weight is 261 g/mol. The van der Waals surface area contributed by atoms with Crippen molar-refractivity contribution < 1.29 is 9.53 Å². The molecule has 0 unspecified atom stereocenters. The Bertz CT molecular complexity index is 435. The first kappa shape index (κ1) is 15.2. The molecule has 5 nitrogen and oxygen atoms in total. The van der Waals surface area contributed by atoms with Gasteiger partial charge in [-0.05, 0) is 38.4 Å². The van der Waals surface area contributed by atoms with Gasteiger partial charge in [0.15, 0.2) is 0 Å². The minimum absolute atomic E-state index is 0.152. The predicted octanol–water partition coefficient (Wildman–Crippen LogP) is 0.866. The fraction of sp³-hybridized carbons (Fsp3) is 0.429. The van der Waals surface area contributed by atoms with Crippen molar-refractivity contribution in [2.75, 3.05) is 40.4 Å². The van der Waals surface area contributed by atoms with E-state index in [4.69, 9.17) is 10.00 Å². The van der Waals surface area contributed by atoms with Crippen LogP contribution in [0.25, 0.3) is 0 Å². The number of benzene rings is 1. The van der Waals surface area contributed by atoms with Crippen LogP contribution in [0.15, 0.2) is 24.3 Å². The molecule has 0 aromatic heterocycles. The van der Waals surface area contributed by atoms with Crippen LogP contribution in [0.5, 0.6) is 0 Å². The molecule has 0 radical (unpaired) electrons.